The van der Waals surface area contributed by atoms with Crippen molar-refractivity contribution in [1.29, 1.82) is 0 Å². The second-order valence-corrected chi connectivity index (χ2v) is 4.49. The molecule has 0 unspecified atom stereocenters. The highest BCUT2D eigenvalue weighted by Crippen LogP contribution is 2.46. The lowest BCUT2D eigenvalue weighted by atomic mass is 10.0. The van der Waals surface area contributed by atoms with Gasteiger partial charge in [0, 0.05) is 17.1 Å². The predicted octanol–water partition coefficient (Wildman–Crippen LogP) is 3.31. The fourth-order valence-electron chi connectivity index (χ4n) is 1.97. The Morgan fingerprint density at radius 3 is 2.92 bits per heavy atom. The molecule has 0 spiro atoms. The molecular weight excluding hydrogens is 166 g/mol. The Labute approximate surface area is 78.5 Å². The Bertz CT molecular complexity index is 242. The highest BCUT2D eigenvalue weighted by atomic mass is 32.2. The largest absolute Gasteiger partial charge is 0.340 e. The van der Waals surface area contributed by atoms with Gasteiger partial charge in [0.25, 0.3) is 0 Å². The highest BCUT2D eigenvalue weighted by Gasteiger charge is 2.26. The first-order valence-electron chi connectivity index (χ1n) is 4.69. The van der Waals surface area contributed by atoms with Crippen molar-refractivity contribution in [2.75, 3.05) is 6.54 Å². The van der Waals surface area contributed by atoms with Gasteiger partial charge in [-0.3, -0.25) is 0 Å². The van der Waals surface area contributed by atoms with Crippen LogP contribution in [0.2, 0.25) is 0 Å². The molecule has 0 atom stereocenters. The van der Waals surface area contributed by atoms with E-state index in [1.54, 1.807) is 10.6 Å². The molecular formula is C10H15NS. The Balaban J connectivity index is 2.24. The van der Waals surface area contributed by atoms with Gasteiger partial charge in [0.2, 0.25) is 0 Å². The lowest BCUT2D eigenvalue weighted by Gasteiger charge is -2.22. The molecule has 2 heteroatoms. The summed E-state index contributed by atoms with van der Waals surface area (Å²) in [7, 11) is 0. The quantitative estimate of drug-likeness (QED) is 0.610. The van der Waals surface area contributed by atoms with Crippen LogP contribution in [-0.2, 0) is 0 Å². The second-order valence-electron chi connectivity index (χ2n) is 3.32. The van der Waals surface area contributed by atoms with Gasteiger partial charge < -0.3 is 4.90 Å². The van der Waals surface area contributed by atoms with Gasteiger partial charge in [-0.2, -0.15) is 0 Å². The molecule has 0 radical (unpaired) electrons. The SMILES string of the molecule is C=C1SC2=C(CCCC2)N1CC. The zero-order valence-corrected chi connectivity index (χ0v) is 8.41. The summed E-state index contributed by atoms with van der Waals surface area (Å²) in [5, 5.41) is 1.24. The van der Waals surface area contributed by atoms with Crippen LogP contribution in [0.3, 0.4) is 0 Å². The van der Waals surface area contributed by atoms with Gasteiger partial charge >= 0.3 is 0 Å². The summed E-state index contributed by atoms with van der Waals surface area (Å²) >= 11 is 1.89. The van der Waals surface area contributed by atoms with E-state index in [2.05, 4.69) is 18.4 Å². The molecule has 1 aliphatic heterocycles. The van der Waals surface area contributed by atoms with Gasteiger partial charge in [0.15, 0.2) is 0 Å². The van der Waals surface area contributed by atoms with Crippen LogP contribution in [0, 0.1) is 0 Å². The maximum absolute atomic E-state index is 4.08. The molecule has 0 aromatic heterocycles. The van der Waals surface area contributed by atoms with Crippen molar-refractivity contribution in [2.45, 2.75) is 32.6 Å². The van der Waals surface area contributed by atoms with E-state index in [9.17, 15) is 0 Å². The minimum atomic E-state index is 1.09. The van der Waals surface area contributed by atoms with Crippen LogP contribution in [0.15, 0.2) is 22.2 Å². The minimum Gasteiger partial charge on any atom is -0.340 e. The van der Waals surface area contributed by atoms with Crippen LogP contribution in [-0.4, -0.2) is 11.4 Å². The summed E-state index contributed by atoms with van der Waals surface area (Å²) in [4.78, 5) is 3.96. The lowest BCUT2D eigenvalue weighted by molar-refractivity contribution is 0.445. The Kier molecular flexibility index (Phi) is 2.18. The van der Waals surface area contributed by atoms with Crippen LogP contribution in [0.5, 0.6) is 0 Å². The normalized spacial score (nSPS) is 23.4. The fourth-order valence-corrected chi connectivity index (χ4v) is 3.18. The molecule has 0 fully saturated rings. The smallest absolute Gasteiger partial charge is 0.0722 e. The van der Waals surface area contributed by atoms with Gasteiger partial charge in [0.05, 0.1) is 5.03 Å². The van der Waals surface area contributed by atoms with Crippen LogP contribution < -0.4 is 0 Å². The number of allylic oxidation sites excluding steroid dienone is 2. The van der Waals surface area contributed by atoms with E-state index in [-0.39, 0.29) is 0 Å². The average molecular weight is 181 g/mol. The van der Waals surface area contributed by atoms with Crippen LogP contribution in [0.4, 0.5) is 0 Å². The van der Waals surface area contributed by atoms with Crippen LogP contribution >= 0.6 is 11.8 Å². The van der Waals surface area contributed by atoms with E-state index in [0.717, 1.165) is 6.54 Å². The molecule has 1 aliphatic carbocycles. The molecule has 1 nitrogen and oxygen atoms in total. The standard InChI is InChI=1S/C10H15NS/c1-3-11-8(2)12-10-7-5-4-6-9(10)11/h2-7H2,1H3. The lowest BCUT2D eigenvalue weighted by Crippen LogP contribution is -2.17. The zero-order valence-electron chi connectivity index (χ0n) is 7.60. The Morgan fingerprint density at radius 1 is 1.42 bits per heavy atom. The monoisotopic (exact) mass is 181 g/mol. The van der Waals surface area contributed by atoms with Crippen molar-refractivity contribution in [2.24, 2.45) is 0 Å². The summed E-state index contributed by atoms with van der Waals surface area (Å²) in [6.07, 6.45) is 5.30. The van der Waals surface area contributed by atoms with Crippen LogP contribution in [0.25, 0.3) is 0 Å². The first-order chi connectivity index (χ1) is 5.83. The molecule has 0 amide bonds. The van der Waals surface area contributed by atoms with Crippen LogP contribution in [0.1, 0.15) is 32.6 Å². The number of hydrogen-bond acceptors (Lipinski definition) is 2. The van der Waals surface area contributed by atoms with Crippen molar-refractivity contribution in [1.82, 2.24) is 4.90 Å². The van der Waals surface area contributed by atoms with Crippen molar-refractivity contribution in [3.63, 3.8) is 0 Å². The predicted molar refractivity (Wildman–Crippen MR) is 54.6 cm³/mol. The van der Waals surface area contributed by atoms with Crippen molar-refractivity contribution < 1.29 is 0 Å². The zero-order chi connectivity index (χ0) is 8.55. The second kappa shape index (κ2) is 3.17. The van der Waals surface area contributed by atoms with E-state index < -0.39 is 0 Å². The highest BCUT2D eigenvalue weighted by molar-refractivity contribution is 8.06. The third-order valence-corrected chi connectivity index (χ3v) is 3.72. The van der Waals surface area contributed by atoms with Crippen molar-refractivity contribution >= 4 is 11.8 Å². The Hall–Kier alpha value is -0.370. The molecule has 2 aliphatic rings. The van der Waals surface area contributed by atoms with Gasteiger partial charge in [-0.15, -0.1) is 0 Å². The molecule has 0 aromatic rings. The summed E-state index contributed by atoms with van der Waals surface area (Å²) < 4.78 is 0. The molecule has 0 bridgehead atoms. The first kappa shape index (κ1) is 8.24. The molecule has 66 valence electrons. The van der Waals surface area contributed by atoms with E-state index in [0.29, 0.717) is 0 Å². The van der Waals surface area contributed by atoms with E-state index in [1.165, 1.54) is 30.7 Å². The van der Waals surface area contributed by atoms with Gasteiger partial charge in [-0.1, -0.05) is 18.3 Å². The van der Waals surface area contributed by atoms with Crippen molar-refractivity contribution in [3.05, 3.63) is 22.2 Å². The molecule has 0 N–H and O–H groups in total. The summed E-state index contributed by atoms with van der Waals surface area (Å²) in [6.45, 7) is 7.37. The molecule has 0 saturated carbocycles. The topological polar surface area (TPSA) is 3.24 Å². The van der Waals surface area contributed by atoms with E-state index in [4.69, 9.17) is 0 Å². The first-order valence-corrected chi connectivity index (χ1v) is 5.51. The Morgan fingerprint density at radius 2 is 2.17 bits per heavy atom. The summed E-state index contributed by atoms with van der Waals surface area (Å²) in [5.74, 6) is 0. The van der Waals surface area contributed by atoms with Crippen molar-refractivity contribution in [3.8, 4) is 0 Å². The molecule has 0 aromatic carbocycles. The van der Waals surface area contributed by atoms with Gasteiger partial charge in [0.1, 0.15) is 0 Å². The summed E-state index contributed by atoms with van der Waals surface area (Å²) in [6, 6.07) is 0. The van der Waals surface area contributed by atoms with Gasteiger partial charge in [-0.05, 0) is 32.6 Å². The number of rotatable bonds is 1. The van der Waals surface area contributed by atoms with Gasteiger partial charge in [-0.25, -0.2) is 0 Å². The fraction of sp³-hybridized carbons (Fsp3) is 0.600. The number of thioether (sulfide) groups is 1. The third-order valence-electron chi connectivity index (χ3n) is 2.57. The maximum Gasteiger partial charge on any atom is 0.0722 e. The molecule has 1 heterocycles. The average Bonchev–Trinajstić information content (AvgIpc) is 2.40. The molecule has 12 heavy (non-hydrogen) atoms. The maximum atomic E-state index is 4.08. The van der Waals surface area contributed by atoms with E-state index in [1.807, 2.05) is 11.8 Å². The molecule has 0 saturated heterocycles. The minimum absolute atomic E-state index is 1.09. The third kappa shape index (κ3) is 1.18. The summed E-state index contributed by atoms with van der Waals surface area (Å²) in [5.41, 5.74) is 1.57. The number of hydrogen-bond donors (Lipinski definition) is 0. The molecule has 2 rings (SSSR count). The number of nitrogens with zero attached hydrogens (tertiary/aromatic N) is 1. The van der Waals surface area contributed by atoms with E-state index >= 15 is 0 Å².